The SMILES string of the molecule is CN(Cc1ccc(F)cc1)CC1(CO)CCC1. The van der Waals surface area contributed by atoms with Crippen LogP contribution in [-0.4, -0.2) is 30.2 Å². The normalized spacial score (nSPS) is 18.1. The first-order chi connectivity index (χ1) is 8.13. The number of nitrogens with zero attached hydrogens (tertiary/aromatic N) is 1. The fourth-order valence-electron chi connectivity index (χ4n) is 2.57. The summed E-state index contributed by atoms with van der Waals surface area (Å²) in [7, 11) is 2.05. The van der Waals surface area contributed by atoms with E-state index in [1.807, 2.05) is 12.1 Å². The lowest BCUT2D eigenvalue weighted by Crippen LogP contribution is -2.43. The predicted octanol–water partition coefficient (Wildman–Crippen LogP) is 2.42. The Kier molecular flexibility index (Phi) is 3.79. The van der Waals surface area contributed by atoms with Gasteiger partial charge in [0.25, 0.3) is 0 Å². The van der Waals surface area contributed by atoms with Crippen molar-refractivity contribution in [1.82, 2.24) is 4.90 Å². The minimum absolute atomic E-state index is 0.120. The Morgan fingerprint density at radius 2 is 1.94 bits per heavy atom. The van der Waals surface area contributed by atoms with Crippen molar-refractivity contribution in [1.29, 1.82) is 0 Å². The summed E-state index contributed by atoms with van der Waals surface area (Å²) in [4.78, 5) is 2.21. The summed E-state index contributed by atoms with van der Waals surface area (Å²) in [6.45, 7) is 2.00. The molecule has 1 N–H and O–H groups in total. The van der Waals surface area contributed by atoms with Crippen LogP contribution in [0.5, 0.6) is 0 Å². The van der Waals surface area contributed by atoms with E-state index in [4.69, 9.17) is 0 Å². The highest BCUT2D eigenvalue weighted by molar-refractivity contribution is 5.15. The van der Waals surface area contributed by atoms with Crippen LogP contribution >= 0.6 is 0 Å². The van der Waals surface area contributed by atoms with Gasteiger partial charge in [-0.25, -0.2) is 4.39 Å². The average molecular weight is 237 g/mol. The van der Waals surface area contributed by atoms with Gasteiger partial charge in [-0.15, -0.1) is 0 Å². The third-order valence-electron chi connectivity index (χ3n) is 3.72. The molecule has 0 aliphatic heterocycles. The molecule has 1 fully saturated rings. The summed E-state index contributed by atoms with van der Waals surface area (Å²) in [6, 6.07) is 6.62. The number of aliphatic hydroxyl groups excluding tert-OH is 1. The van der Waals surface area contributed by atoms with E-state index in [1.165, 1.54) is 18.6 Å². The molecule has 0 heterocycles. The maximum atomic E-state index is 12.8. The zero-order valence-electron chi connectivity index (χ0n) is 10.3. The topological polar surface area (TPSA) is 23.5 Å². The van der Waals surface area contributed by atoms with Crippen LogP contribution in [0.25, 0.3) is 0 Å². The fraction of sp³-hybridized carbons (Fsp3) is 0.571. The number of rotatable bonds is 5. The molecule has 0 saturated heterocycles. The first kappa shape index (κ1) is 12.5. The maximum absolute atomic E-state index is 12.8. The standard InChI is InChI=1S/C14H20FNO/c1-16(10-14(11-17)7-2-8-14)9-12-3-5-13(15)6-4-12/h3-6,17H,2,7-11H2,1H3. The predicted molar refractivity (Wildman–Crippen MR) is 66.1 cm³/mol. The van der Waals surface area contributed by atoms with Crippen LogP contribution in [0.4, 0.5) is 4.39 Å². The highest BCUT2D eigenvalue weighted by Gasteiger charge is 2.37. The second kappa shape index (κ2) is 5.15. The summed E-state index contributed by atoms with van der Waals surface area (Å²) >= 11 is 0. The molecule has 1 saturated carbocycles. The third-order valence-corrected chi connectivity index (χ3v) is 3.72. The highest BCUT2D eigenvalue weighted by atomic mass is 19.1. The molecule has 0 spiro atoms. The molecule has 2 rings (SSSR count). The largest absolute Gasteiger partial charge is 0.396 e. The van der Waals surface area contributed by atoms with Gasteiger partial charge >= 0.3 is 0 Å². The molecule has 0 radical (unpaired) electrons. The van der Waals surface area contributed by atoms with Crippen molar-refractivity contribution < 1.29 is 9.50 Å². The zero-order valence-corrected chi connectivity index (χ0v) is 10.3. The van der Waals surface area contributed by atoms with Gasteiger partial charge < -0.3 is 10.0 Å². The Bertz CT molecular complexity index is 353. The summed E-state index contributed by atoms with van der Waals surface area (Å²) in [6.07, 6.45) is 3.47. The molecule has 1 aliphatic rings. The minimum atomic E-state index is -0.192. The third kappa shape index (κ3) is 3.05. The molecule has 1 aromatic rings. The van der Waals surface area contributed by atoms with Crippen LogP contribution in [0.1, 0.15) is 24.8 Å². The van der Waals surface area contributed by atoms with E-state index in [1.54, 1.807) is 0 Å². The number of aliphatic hydroxyl groups is 1. The van der Waals surface area contributed by atoms with E-state index < -0.39 is 0 Å². The minimum Gasteiger partial charge on any atom is -0.396 e. The van der Waals surface area contributed by atoms with Crippen molar-refractivity contribution in [3.63, 3.8) is 0 Å². The Morgan fingerprint density at radius 3 is 2.41 bits per heavy atom. The molecule has 2 nitrogen and oxygen atoms in total. The van der Waals surface area contributed by atoms with Gasteiger partial charge in [-0.05, 0) is 37.6 Å². The van der Waals surface area contributed by atoms with Crippen molar-refractivity contribution in [2.75, 3.05) is 20.2 Å². The average Bonchev–Trinajstić information content (AvgIpc) is 2.27. The highest BCUT2D eigenvalue weighted by Crippen LogP contribution is 2.40. The van der Waals surface area contributed by atoms with Crippen LogP contribution in [-0.2, 0) is 6.54 Å². The molecule has 0 aromatic heterocycles. The monoisotopic (exact) mass is 237 g/mol. The van der Waals surface area contributed by atoms with E-state index in [-0.39, 0.29) is 17.8 Å². The lowest BCUT2D eigenvalue weighted by Gasteiger charge is -2.43. The van der Waals surface area contributed by atoms with Gasteiger partial charge in [-0.2, -0.15) is 0 Å². The molecule has 3 heteroatoms. The van der Waals surface area contributed by atoms with Gasteiger partial charge in [0.05, 0.1) is 0 Å². The summed E-state index contributed by atoms with van der Waals surface area (Å²) in [5, 5.41) is 9.41. The lowest BCUT2D eigenvalue weighted by molar-refractivity contribution is 0.0127. The number of hydrogen-bond acceptors (Lipinski definition) is 2. The molecule has 1 aliphatic carbocycles. The van der Waals surface area contributed by atoms with Crippen molar-refractivity contribution in [3.05, 3.63) is 35.6 Å². The van der Waals surface area contributed by atoms with Gasteiger partial charge in [0, 0.05) is 25.1 Å². The Labute approximate surface area is 102 Å². The fourth-order valence-corrected chi connectivity index (χ4v) is 2.57. The number of halogens is 1. The lowest BCUT2D eigenvalue weighted by atomic mass is 9.69. The molecule has 17 heavy (non-hydrogen) atoms. The van der Waals surface area contributed by atoms with Crippen LogP contribution < -0.4 is 0 Å². The summed E-state index contributed by atoms with van der Waals surface area (Å²) < 4.78 is 12.8. The first-order valence-electron chi connectivity index (χ1n) is 6.17. The van der Waals surface area contributed by atoms with Crippen LogP contribution in [0.15, 0.2) is 24.3 Å². The zero-order chi connectivity index (χ0) is 12.3. The van der Waals surface area contributed by atoms with Crippen molar-refractivity contribution >= 4 is 0 Å². The Balaban J connectivity index is 1.88. The second-order valence-electron chi connectivity index (χ2n) is 5.31. The second-order valence-corrected chi connectivity index (χ2v) is 5.31. The van der Waals surface area contributed by atoms with Crippen molar-refractivity contribution in [2.45, 2.75) is 25.8 Å². The van der Waals surface area contributed by atoms with Gasteiger partial charge in [0.15, 0.2) is 0 Å². The summed E-state index contributed by atoms with van der Waals surface area (Å²) in [5.74, 6) is -0.192. The molecule has 0 unspecified atom stereocenters. The molecule has 1 aromatic carbocycles. The number of hydrogen-bond donors (Lipinski definition) is 1. The smallest absolute Gasteiger partial charge is 0.123 e. The molecule has 0 bridgehead atoms. The quantitative estimate of drug-likeness (QED) is 0.850. The van der Waals surface area contributed by atoms with E-state index in [0.717, 1.165) is 31.5 Å². The molecular weight excluding hydrogens is 217 g/mol. The van der Waals surface area contributed by atoms with E-state index in [0.29, 0.717) is 0 Å². The van der Waals surface area contributed by atoms with Gasteiger partial charge in [0.2, 0.25) is 0 Å². The van der Waals surface area contributed by atoms with E-state index >= 15 is 0 Å². The maximum Gasteiger partial charge on any atom is 0.123 e. The van der Waals surface area contributed by atoms with E-state index in [9.17, 15) is 9.50 Å². The van der Waals surface area contributed by atoms with Crippen LogP contribution in [0.3, 0.4) is 0 Å². The molecule has 0 amide bonds. The van der Waals surface area contributed by atoms with E-state index in [2.05, 4.69) is 11.9 Å². The van der Waals surface area contributed by atoms with Crippen LogP contribution in [0, 0.1) is 11.2 Å². The molecule has 94 valence electrons. The summed E-state index contributed by atoms with van der Waals surface area (Å²) in [5.41, 5.74) is 1.23. The Hall–Kier alpha value is -0.930. The Morgan fingerprint density at radius 1 is 1.29 bits per heavy atom. The van der Waals surface area contributed by atoms with Gasteiger partial charge in [0.1, 0.15) is 5.82 Å². The van der Waals surface area contributed by atoms with Crippen molar-refractivity contribution in [3.8, 4) is 0 Å². The first-order valence-corrected chi connectivity index (χ1v) is 6.17. The van der Waals surface area contributed by atoms with Crippen LogP contribution in [0.2, 0.25) is 0 Å². The number of benzene rings is 1. The van der Waals surface area contributed by atoms with Crippen molar-refractivity contribution in [2.24, 2.45) is 5.41 Å². The van der Waals surface area contributed by atoms with Gasteiger partial charge in [-0.3, -0.25) is 0 Å². The molecular formula is C14H20FNO. The van der Waals surface area contributed by atoms with Gasteiger partial charge in [-0.1, -0.05) is 18.6 Å². The molecule has 0 atom stereocenters.